The molecular weight excluding hydrogens is 522 g/mol. The Bertz CT molecular complexity index is 938. The normalized spacial score (nSPS) is 14.7. The number of benzene rings is 2. The van der Waals surface area contributed by atoms with E-state index < -0.39 is 0 Å². The Morgan fingerprint density at radius 2 is 2.03 bits per heavy atom. The number of amides is 1. The predicted molar refractivity (Wildman–Crippen MR) is 136 cm³/mol. The van der Waals surface area contributed by atoms with E-state index in [1.54, 1.807) is 6.07 Å². The lowest BCUT2D eigenvalue weighted by atomic mass is 10.1. The first-order valence-corrected chi connectivity index (χ1v) is 10.7. The molecule has 2 aromatic rings. The van der Waals surface area contributed by atoms with E-state index in [0.717, 1.165) is 29.7 Å². The monoisotopic (exact) mass is 554 g/mol. The van der Waals surface area contributed by atoms with Crippen LogP contribution in [-0.4, -0.2) is 37.0 Å². The van der Waals surface area contributed by atoms with Crippen molar-refractivity contribution in [3.05, 3.63) is 65.0 Å². The van der Waals surface area contributed by atoms with Gasteiger partial charge in [-0.3, -0.25) is 4.79 Å². The van der Waals surface area contributed by atoms with Crippen LogP contribution in [0.1, 0.15) is 49.4 Å². The maximum Gasteiger partial charge on any atom is 0.222 e. The smallest absolute Gasteiger partial charge is 0.222 e. The Hall–Kier alpha value is -2.36. The number of carbonyl (C=O) groups excluding carboxylic acids is 1. The van der Waals surface area contributed by atoms with Crippen LogP contribution in [0.3, 0.4) is 0 Å². The largest absolute Gasteiger partial charge is 0.494 e. The third kappa shape index (κ3) is 7.08. The van der Waals surface area contributed by atoms with Crippen LogP contribution in [0.4, 0.5) is 4.39 Å². The maximum absolute atomic E-state index is 14.1. The van der Waals surface area contributed by atoms with E-state index in [-0.39, 0.29) is 47.5 Å². The second-order valence-corrected chi connectivity index (χ2v) is 7.69. The lowest BCUT2D eigenvalue weighted by molar-refractivity contribution is -0.128. The molecule has 0 saturated carbocycles. The van der Waals surface area contributed by atoms with Gasteiger partial charge in [0, 0.05) is 26.1 Å². The van der Waals surface area contributed by atoms with Crippen molar-refractivity contribution >= 4 is 35.8 Å². The first-order valence-electron chi connectivity index (χ1n) is 10.7. The fourth-order valence-corrected chi connectivity index (χ4v) is 3.65. The molecule has 0 aliphatic carbocycles. The maximum atomic E-state index is 14.1. The highest BCUT2D eigenvalue weighted by Crippen LogP contribution is 2.21. The van der Waals surface area contributed by atoms with E-state index in [1.807, 2.05) is 43.0 Å². The summed E-state index contributed by atoms with van der Waals surface area (Å²) in [6.45, 7) is 6.66. The lowest BCUT2D eigenvalue weighted by Gasteiger charge is -2.19. The van der Waals surface area contributed by atoms with E-state index >= 15 is 0 Å². The Morgan fingerprint density at radius 3 is 2.69 bits per heavy atom. The average Bonchev–Trinajstić information content (AvgIpc) is 3.16. The van der Waals surface area contributed by atoms with Crippen molar-refractivity contribution in [2.75, 3.05) is 20.2 Å². The zero-order chi connectivity index (χ0) is 22.2. The van der Waals surface area contributed by atoms with Crippen LogP contribution in [0.15, 0.2) is 47.5 Å². The number of likely N-dealkylation sites (tertiary alicyclic amines) is 1. The molecule has 1 saturated heterocycles. The predicted octanol–water partition coefficient (Wildman–Crippen LogP) is 4.39. The third-order valence-electron chi connectivity index (χ3n) is 5.33. The van der Waals surface area contributed by atoms with Gasteiger partial charge in [-0.05, 0) is 49.1 Å². The summed E-state index contributed by atoms with van der Waals surface area (Å²) in [5.41, 5.74) is 2.99. The molecule has 174 valence electrons. The van der Waals surface area contributed by atoms with Crippen molar-refractivity contribution in [2.24, 2.45) is 4.99 Å². The minimum absolute atomic E-state index is 0. The van der Waals surface area contributed by atoms with Gasteiger partial charge in [-0.25, -0.2) is 9.38 Å². The molecule has 32 heavy (non-hydrogen) atoms. The van der Waals surface area contributed by atoms with Gasteiger partial charge in [0.1, 0.15) is 0 Å². The summed E-state index contributed by atoms with van der Waals surface area (Å²) >= 11 is 0. The molecule has 2 aromatic carbocycles. The SMILES string of the molecule is CCNC(=NCc1cccc(CN2CCCC2=O)c1)NC(C)c1ccc(OC)c(F)c1.I. The van der Waals surface area contributed by atoms with E-state index in [2.05, 4.69) is 21.7 Å². The molecule has 6 nitrogen and oxygen atoms in total. The molecule has 1 unspecified atom stereocenters. The molecule has 1 atom stereocenters. The van der Waals surface area contributed by atoms with Crippen LogP contribution in [0.25, 0.3) is 0 Å². The number of nitrogens with one attached hydrogen (secondary N) is 2. The number of hydrogen-bond donors (Lipinski definition) is 2. The van der Waals surface area contributed by atoms with E-state index in [1.165, 1.54) is 13.2 Å². The van der Waals surface area contributed by atoms with Crippen molar-refractivity contribution in [3.63, 3.8) is 0 Å². The fraction of sp³-hybridized carbons (Fsp3) is 0.417. The van der Waals surface area contributed by atoms with Gasteiger partial charge in [-0.2, -0.15) is 0 Å². The number of nitrogens with zero attached hydrogens (tertiary/aromatic N) is 2. The second-order valence-electron chi connectivity index (χ2n) is 7.69. The van der Waals surface area contributed by atoms with Crippen molar-refractivity contribution in [1.29, 1.82) is 0 Å². The van der Waals surface area contributed by atoms with Crippen LogP contribution in [0.5, 0.6) is 5.75 Å². The van der Waals surface area contributed by atoms with Gasteiger partial charge in [-0.1, -0.05) is 30.3 Å². The van der Waals surface area contributed by atoms with Crippen LogP contribution in [0.2, 0.25) is 0 Å². The van der Waals surface area contributed by atoms with Gasteiger partial charge in [0.2, 0.25) is 5.91 Å². The summed E-state index contributed by atoms with van der Waals surface area (Å²) in [5, 5.41) is 6.56. The highest BCUT2D eigenvalue weighted by molar-refractivity contribution is 14.0. The van der Waals surface area contributed by atoms with Crippen molar-refractivity contribution < 1.29 is 13.9 Å². The molecule has 3 rings (SSSR count). The molecule has 1 fully saturated rings. The lowest BCUT2D eigenvalue weighted by Crippen LogP contribution is -2.38. The average molecular weight is 554 g/mol. The zero-order valence-corrected chi connectivity index (χ0v) is 21.2. The molecule has 2 N–H and O–H groups in total. The molecule has 0 aromatic heterocycles. The second kappa shape index (κ2) is 12.6. The van der Waals surface area contributed by atoms with Crippen molar-refractivity contribution in [3.8, 4) is 5.75 Å². The molecule has 1 amide bonds. The first kappa shape index (κ1) is 25.9. The Balaban J connectivity index is 0.00000363. The molecule has 8 heteroatoms. The molecule has 0 bridgehead atoms. The number of carbonyl (C=O) groups is 1. The Kier molecular flexibility index (Phi) is 10.2. The Labute approximate surface area is 206 Å². The number of halogens is 2. The van der Waals surface area contributed by atoms with Crippen molar-refractivity contribution in [2.45, 2.75) is 45.8 Å². The minimum atomic E-state index is -0.385. The van der Waals surface area contributed by atoms with E-state index in [4.69, 9.17) is 4.74 Å². The number of ether oxygens (including phenoxy) is 1. The van der Waals surface area contributed by atoms with Crippen molar-refractivity contribution in [1.82, 2.24) is 15.5 Å². The summed E-state index contributed by atoms with van der Waals surface area (Å²) in [4.78, 5) is 18.5. The van der Waals surface area contributed by atoms with Gasteiger partial charge in [0.25, 0.3) is 0 Å². The van der Waals surface area contributed by atoms with Crippen LogP contribution < -0.4 is 15.4 Å². The fourth-order valence-electron chi connectivity index (χ4n) is 3.65. The topological polar surface area (TPSA) is 66.0 Å². The number of hydrogen-bond acceptors (Lipinski definition) is 3. The summed E-state index contributed by atoms with van der Waals surface area (Å²) in [6, 6.07) is 13.0. The summed E-state index contributed by atoms with van der Waals surface area (Å²) in [6.07, 6.45) is 1.59. The zero-order valence-electron chi connectivity index (χ0n) is 18.9. The highest BCUT2D eigenvalue weighted by Gasteiger charge is 2.20. The highest BCUT2D eigenvalue weighted by atomic mass is 127. The Morgan fingerprint density at radius 1 is 1.25 bits per heavy atom. The summed E-state index contributed by atoms with van der Waals surface area (Å²) < 4.78 is 19.0. The molecule has 0 spiro atoms. The van der Waals surface area contributed by atoms with Gasteiger partial charge in [-0.15, -0.1) is 24.0 Å². The molecule has 0 radical (unpaired) electrons. The number of guanidine groups is 1. The van der Waals surface area contributed by atoms with Gasteiger partial charge < -0.3 is 20.3 Å². The van der Waals surface area contributed by atoms with Crippen LogP contribution >= 0.6 is 24.0 Å². The number of aliphatic imine (C=N–C) groups is 1. The molecule has 1 aliphatic rings. The first-order chi connectivity index (χ1) is 15.0. The summed E-state index contributed by atoms with van der Waals surface area (Å²) in [7, 11) is 1.45. The van der Waals surface area contributed by atoms with Crippen LogP contribution in [-0.2, 0) is 17.9 Å². The number of rotatable bonds is 8. The standard InChI is InChI=1S/C24H31FN4O2.HI/c1-4-26-24(28-17(2)20-10-11-22(31-3)21(25)14-20)27-15-18-7-5-8-19(13-18)16-29-12-6-9-23(29)30;/h5,7-8,10-11,13-14,17H,4,6,9,12,15-16H2,1-3H3,(H2,26,27,28);1H. The summed E-state index contributed by atoms with van der Waals surface area (Å²) in [5.74, 6) is 0.730. The minimum Gasteiger partial charge on any atom is -0.494 e. The van der Waals surface area contributed by atoms with Crippen LogP contribution in [0, 0.1) is 5.82 Å². The number of methoxy groups -OCH3 is 1. The quantitative estimate of drug-likeness (QED) is 0.289. The van der Waals surface area contributed by atoms with E-state index in [9.17, 15) is 9.18 Å². The van der Waals surface area contributed by atoms with Gasteiger partial charge in [0.05, 0.1) is 19.7 Å². The third-order valence-corrected chi connectivity index (χ3v) is 5.33. The van der Waals surface area contributed by atoms with Gasteiger partial charge >= 0.3 is 0 Å². The molecular formula is C24H32FIN4O2. The van der Waals surface area contributed by atoms with E-state index in [0.29, 0.717) is 32.0 Å². The molecule has 1 aliphatic heterocycles. The van der Waals surface area contributed by atoms with Gasteiger partial charge in [0.15, 0.2) is 17.5 Å². The molecule has 1 heterocycles.